The van der Waals surface area contributed by atoms with E-state index in [2.05, 4.69) is 37.9 Å². The van der Waals surface area contributed by atoms with Gasteiger partial charge < -0.3 is 5.32 Å². The number of amides is 1. The number of nitrogens with zero attached hydrogens (tertiary/aromatic N) is 1. The molecule has 0 unspecified atom stereocenters. The molecule has 1 fully saturated rings. The number of hydrogen-bond acceptors (Lipinski definition) is 2. The molecule has 1 saturated heterocycles. The molecule has 0 saturated carbocycles. The van der Waals surface area contributed by atoms with Crippen LogP contribution in [-0.4, -0.2) is 29.9 Å². The lowest BCUT2D eigenvalue weighted by Crippen LogP contribution is -2.48. The van der Waals surface area contributed by atoms with E-state index in [9.17, 15) is 9.18 Å². The first kappa shape index (κ1) is 18.9. The number of benzene rings is 1. The lowest BCUT2D eigenvalue weighted by molar-refractivity contribution is -0.128. The van der Waals surface area contributed by atoms with E-state index < -0.39 is 0 Å². The highest BCUT2D eigenvalue weighted by Crippen LogP contribution is 2.20. The zero-order valence-electron chi connectivity index (χ0n) is 15.4. The van der Waals surface area contributed by atoms with E-state index >= 15 is 0 Å². The number of carbonyl (C=O) groups excluding carboxylic acids is 1. The predicted molar refractivity (Wildman–Crippen MR) is 96.0 cm³/mol. The molecule has 2 rings (SSSR count). The highest BCUT2D eigenvalue weighted by molar-refractivity contribution is 5.79. The summed E-state index contributed by atoms with van der Waals surface area (Å²) < 4.78 is 13.0. The Bertz CT molecular complexity index is 519. The molecule has 0 aliphatic carbocycles. The van der Waals surface area contributed by atoms with Crippen LogP contribution in [-0.2, 0) is 11.3 Å². The van der Waals surface area contributed by atoms with E-state index in [4.69, 9.17) is 0 Å². The van der Waals surface area contributed by atoms with Gasteiger partial charge in [-0.3, -0.25) is 9.69 Å². The molecule has 1 aromatic rings. The van der Waals surface area contributed by atoms with E-state index in [1.165, 1.54) is 12.1 Å². The second kappa shape index (κ2) is 8.61. The van der Waals surface area contributed by atoms with Crippen molar-refractivity contribution in [3.05, 3.63) is 35.6 Å². The van der Waals surface area contributed by atoms with Gasteiger partial charge in [-0.05, 0) is 48.9 Å². The maximum atomic E-state index is 13.0. The van der Waals surface area contributed by atoms with Crippen molar-refractivity contribution in [2.75, 3.05) is 13.1 Å². The molecule has 1 aromatic carbocycles. The number of nitrogens with one attached hydrogen (secondary N) is 1. The fraction of sp³-hybridized carbons (Fsp3) is 0.650. The van der Waals surface area contributed by atoms with E-state index in [0.29, 0.717) is 11.8 Å². The Balaban J connectivity index is 1.92. The number of carbonyl (C=O) groups is 1. The molecular weight excluding hydrogens is 303 g/mol. The zero-order valence-corrected chi connectivity index (χ0v) is 15.4. The standard InChI is InChI=1S/C20H31FN2O/c1-14(2)19(15(3)4)22-20(24)17-6-5-11-23(13-17)12-16-7-9-18(21)10-8-16/h7-10,14-15,17,19H,5-6,11-13H2,1-4H3,(H,22,24)/t17-/m1/s1. The molecule has 134 valence electrons. The van der Waals surface area contributed by atoms with Gasteiger partial charge >= 0.3 is 0 Å². The molecule has 3 nitrogen and oxygen atoms in total. The van der Waals surface area contributed by atoms with Gasteiger partial charge in [0.15, 0.2) is 0 Å². The van der Waals surface area contributed by atoms with Gasteiger partial charge in [0, 0.05) is 19.1 Å². The Morgan fingerprint density at radius 2 is 1.83 bits per heavy atom. The molecule has 0 aromatic heterocycles. The molecule has 1 aliphatic rings. The summed E-state index contributed by atoms with van der Waals surface area (Å²) in [6.45, 7) is 11.2. The SMILES string of the molecule is CC(C)C(NC(=O)[C@@H]1CCCN(Cc2ccc(F)cc2)C1)C(C)C. The average molecular weight is 334 g/mol. The van der Waals surface area contributed by atoms with Crippen LogP contribution in [0.3, 0.4) is 0 Å². The topological polar surface area (TPSA) is 32.3 Å². The van der Waals surface area contributed by atoms with Crippen LogP contribution in [0.5, 0.6) is 0 Å². The summed E-state index contributed by atoms with van der Waals surface area (Å²) in [6, 6.07) is 6.88. The summed E-state index contributed by atoms with van der Waals surface area (Å²) in [6.07, 6.45) is 1.99. The van der Waals surface area contributed by atoms with Gasteiger partial charge in [-0.15, -0.1) is 0 Å². The summed E-state index contributed by atoms with van der Waals surface area (Å²) in [5, 5.41) is 3.26. The van der Waals surface area contributed by atoms with Crippen LogP contribution in [0.25, 0.3) is 0 Å². The molecule has 1 atom stereocenters. The van der Waals surface area contributed by atoms with Crippen LogP contribution in [0.1, 0.15) is 46.1 Å². The molecule has 1 aliphatic heterocycles. The quantitative estimate of drug-likeness (QED) is 0.857. The summed E-state index contributed by atoms with van der Waals surface area (Å²) in [7, 11) is 0. The fourth-order valence-electron chi connectivity index (χ4n) is 3.65. The van der Waals surface area contributed by atoms with Crippen LogP contribution in [0, 0.1) is 23.6 Å². The van der Waals surface area contributed by atoms with Gasteiger partial charge in [0.2, 0.25) is 5.91 Å². The monoisotopic (exact) mass is 334 g/mol. The van der Waals surface area contributed by atoms with Crippen molar-refractivity contribution in [3.8, 4) is 0 Å². The molecule has 0 spiro atoms. The molecule has 1 amide bonds. The Morgan fingerprint density at radius 1 is 1.21 bits per heavy atom. The smallest absolute Gasteiger partial charge is 0.224 e. The van der Waals surface area contributed by atoms with Gasteiger partial charge in [-0.1, -0.05) is 39.8 Å². The molecule has 0 radical (unpaired) electrons. The minimum Gasteiger partial charge on any atom is -0.353 e. The van der Waals surface area contributed by atoms with Crippen molar-refractivity contribution in [1.29, 1.82) is 0 Å². The first-order chi connectivity index (χ1) is 11.4. The third-order valence-corrected chi connectivity index (χ3v) is 4.94. The highest BCUT2D eigenvalue weighted by atomic mass is 19.1. The summed E-state index contributed by atoms with van der Waals surface area (Å²) >= 11 is 0. The van der Waals surface area contributed by atoms with Gasteiger partial charge in [-0.25, -0.2) is 4.39 Å². The van der Waals surface area contributed by atoms with E-state index in [1.807, 2.05) is 12.1 Å². The molecule has 24 heavy (non-hydrogen) atoms. The molecule has 0 bridgehead atoms. The summed E-state index contributed by atoms with van der Waals surface area (Å²) in [5.41, 5.74) is 1.10. The fourth-order valence-corrected chi connectivity index (χ4v) is 3.65. The van der Waals surface area contributed by atoms with Crippen LogP contribution < -0.4 is 5.32 Å². The van der Waals surface area contributed by atoms with Crippen molar-refractivity contribution in [3.63, 3.8) is 0 Å². The van der Waals surface area contributed by atoms with E-state index in [-0.39, 0.29) is 23.7 Å². The third-order valence-electron chi connectivity index (χ3n) is 4.94. The Hall–Kier alpha value is -1.42. The maximum Gasteiger partial charge on any atom is 0.224 e. The minimum absolute atomic E-state index is 0.0548. The minimum atomic E-state index is -0.205. The maximum absolute atomic E-state index is 13.0. The van der Waals surface area contributed by atoms with E-state index in [0.717, 1.165) is 38.0 Å². The second-order valence-electron chi connectivity index (χ2n) is 7.72. The van der Waals surface area contributed by atoms with Gasteiger partial charge in [-0.2, -0.15) is 0 Å². The molecular formula is C20H31FN2O. The first-order valence-corrected chi connectivity index (χ1v) is 9.14. The van der Waals surface area contributed by atoms with Gasteiger partial charge in [0.05, 0.1) is 5.92 Å². The Morgan fingerprint density at radius 3 is 2.42 bits per heavy atom. The van der Waals surface area contributed by atoms with Crippen LogP contribution in [0.15, 0.2) is 24.3 Å². The second-order valence-corrected chi connectivity index (χ2v) is 7.72. The van der Waals surface area contributed by atoms with Crippen molar-refractivity contribution in [1.82, 2.24) is 10.2 Å². The van der Waals surface area contributed by atoms with E-state index in [1.54, 1.807) is 0 Å². The Labute approximate surface area is 145 Å². The largest absolute Gasteiger partial charge is 0.353 e. The number of piperidine rings is 1. The van der Waals surface area contributed by atoms with Crippen LogP contribution in [0.4, 0.5) is 4.39 Å². The normalized spacial score (nSPS) is 19.2. The number of rotatable bonds is 6. The number of hydrogen-bond donors (Lipinski definition) is 1. The highest BCUT2D eigenvalue weighted by Gasteiger charge is 2.28. The molecule has 4 heteroatoms. The molecule has 1 heterocycles. The summed E-state index contributed by atoms with van der Waals surface area (Å²) in [5.74, 6) is 0.911. The number of likely N-dealkylation sites (tertiary alicyclic amines) is 1. The number of halogens is 1. The van der Waals surface area contributed by atoms with Crippen molar-refractivity contribution < 1.29 is 9.18 Å². The lowest BCUT2D eigenvalue weighted by atomic mass is 9.91. The van der Waals surface area contributed by atoms with Crippen molar-refractivity contribution in [2.45, 2.75) is 53.1 Å². The predicted octanol–water partition coefficient (Wildman–Crippen LogP) is 3.83. The zero-order chi connectivity index (χ0) is 17.7. The molecule has 1 N–H and O–H groups in total. The van der Waals surface area contributed by atoms with Crippen molar-refractivity contribution >= 4 is 5.91 Å². The summed E-state index contributed by atoms with van der Waals surface area (Å²) in [4.78, 5) is 15.0. The Kier molecular flexibility index (Phi) is 6.79. The lowest BCUT2D eigenvalue weighted by Gasteiger charge is -2.34. The van der Waals surface area contributed by atoms with Gasteiger partial charge in [0.25, 0.3) is 0 Å². The van der Waals surface area contributed by atoms with Crippen LogP contribution >= 0.6 is 0 Å². The third kappa shape index (κ3) is 5.30. The van der Waals surface area contributed by atoms with Gasteiger partial charge in [0.1, 0.15) is 5.82 Å². The average Bonchev–Trinajstić information content (AvgIpc) is 2.54. The first-order valence-electron chi connectivity index (χ1n) is 9.14. The van der Waals surface area contributed by atoms with Crippen molar-refractivity contribution in [2.24, 2.45) is 17.8 Å². The van der Waals surface area contributed by atoms with Crippen LogP contribution in [0.2, 0.25) is 0 Å².